The number of rotatable bonds is 9. The van der Waals surface area contributed by atoms with E-state index in [1.165, 1.54) is 4.90 Å². The third-order valence-corrected chi connectivity index (χ3v) is 5.70. The summed E-state index contributed by atoms with van der Waals surface area (Å²) in [5, 5.41) is 11.3. The molecule has 1 aliphatic heterocycles. The molecule has 4 rings (SSSR count). The molecule has 35 heavy (non-hydrogen) atoms. The highest BCUT2D eigenvalue weighted by molar-refractivity contribution is 6.46. The van der Waals surface area contributed by atoms with E-state index < -0.39 is 17.7 Å². The van der Waals surface area contributed by atoms with Crippen molar-refractivity contribution in [2.45, 2.75) is 32.9 Å². The van der Waals surface area contributed by atoms with Gasteiger partial charge < -0.3 is 19.5 Å². The Morgan fingerprint density at radius 3 is 2.49 bits per heavy atom. The van der Waals surface area contributed by atoms with Crippen molar-refractivity contribution in [2.75, 3.05) is 13.2 Å². The maximum Gasteiger partial charge on any atom is 0.295 e. The first-order chi connectivity index (χ1) is 17.0. The van der Waals surface area contributed by atoms with Crippen LogP contribution in [0.2, 0.25) is 0 Å². The quantitative estimate of drug-likeness (QED) is 0.271. The van der Waals surface area contributed by atoms with Gasteiger partial charge in [-0.25, -0.2) is 0 Å². The van der Waals surface area contributed by atoms with Crippen LogP contribution in [0.15, 0.2) is 78.6 Å². The molecule has 1 amide bonds. The number of hydrogen-bond donors (Lipinski definition) is 1. The Morgan fingerprint density at radius 1 is 1.00 bits per heavy atom. The molecule has 1 saturated heterocycles. The number of aromatic nitrogens is 1. The van der Waals surface area contributed by atoms with Crippen LogP contribution < -0.4 is 9.47 Å². The lowest BCUT2D eigenvalue weighted by Gasteiger charge is -2.25. The summed E-state index contributed by atoms with van der Waals surface area (Å²) in [6.45, 7) is 5.13. The highest BCUT2D eigenvalue weighted by Gasteiger charge is 2.46. The molecular formula is C28H28N2O5. The summed E-state index contributed by atoms with van der Waals surface area (Å²) in [7, 11) is 0. The van der Waals surface area contributed by atoms with Crippen LogP contribution in [0.5, 0.6) is 11.5 Å². The van der Waals surface area contributed by atoms with E-state index in [1.54, 1.807) is 54.9 Å². The Kier molecular flexibility index (Phi) is 7.45. The van der Waals surface area contributed by atoms with E-state index >= 15 is 0 Å². The van der Waals surface area contributed by atoms with Crippen molar-refractivity contribution < 1.29 is 24.2 Å². The molecule has 3 aromatic rings. The van der Waals surface area contributed by atoms with Crippen LogP contribution in [-0.2, 0) is 16.1 Å². The molecule has 0 saturated carbocycles. The van der Waals surface area contributed by atoms with Gasteiger partial charge in [-0.1, -0.05) is 37.3 Å². The van der Waals surface area contributed by atoms with Crippen molar-refractivity contribution in [3.05, 3.63) is 95.3 Å². The van der Waals surface area contributed by atoms with E-state index in [9.17, 15) is 14.7 Å². The van der Waals surface area contributed by atoms with Gasteiger partial charge in [-0.15, -0.1) is 0 Å². The lowest BCUT2D eigenvalue weighted by atomic mass is 9.95. The topological polar surface area (TPSA) is 89.0 Å². The summed E-state index contributed by atoms with van der Waals surface area (Å²) in [6, 6.07) is 17.0. The number of Topliss-reactive ketones (excluding diaryl/α,β-unsaturated/α-hetero) is 1. The summed E-state index contributed by atoms with van der Waals surface area (Å²) >= 11 is 0. The molecule has 2 heterocycles. The molecule has 1 unspecified atom stereocenters. The average molecular weight is 473 g/mol. The van der Waals surface area contributed by atoms with E-state index in [-0.39, 0.29) is 17.9 Å². The van der Waals surface area contributed by atoms with Crippen LogP contribution in [0.4, 0.5) is 0 Å². The Labute approximate surface area is 204 Å². The molecule has 1 atom stereocenters. The molecule has 2 aromatic carbocycles. The number of ketones is 1. The lowest BCUT2D eigenvalue weighted by Crippen LogP contribution is -2.29. The average Bonchev–Trinajstić information content (AvgIpc) is 3.13. The fourth-order valence-corrected chi connectivity index (χ4v) is 4.10. The van der Waals surface area contributed by atoms with Crippen LogP contribution >= 0.6 is 0 Å². The van der Waals surface area contributed by atoms with E-state index in [1.807, 2.05) is 32.0 Å². The molecule has 1 fully saturated rings. The van der Waals surface area contributed by atoms with Gasteiger partial charge in [-0.2, -0.15) is 0 Å². The van der Waals surface area contributed by atoms with Gasteiger partial charge in [0.1, 0.15) is 17.3 Å². The van der Waals surface area contributed by atoms with Gasteiger partial charge in [0.15, 0.2) is 0 Å². The van der Waals surface area contributed by atoms with Gasteiger partial charge >= 0.3 is 0 Å². The van der Waals surface area contributed by atoms with E-state index in [2.05, 4.69) is 4.98 Å². The number of amides is 1. The van der Waals surface area contributed by atoms with E-state index in [4.69, 9.17) is 9.47 Å². The minimum atomic E-state index is -0.772. The predicted molar refractivity (Wildman–Crippen MR) is 132 cm³/mol. The van der Waals surface area contributed by atoms with Crippen molar-refractivity contribution in [2.24, 2.45) is 0 Å². The van der Waals surface area contributed by atoms with Gasteiger partial charge in [-0.05, 0) is 54.8 Å². The molecule has 0 aliphatic carbocycles. The summed E-state index contributed by atoms with van der Waals surface area (Å²) in [5.41, 5.74) is 1.92. The number of aliphatic hydroxyl groups is 1. The molecule has 1 aliphatic rings. The summed E-state index contributed by atoms with van der Waals surface area (Å²) in [6.07, 6.45) is 4.14. The number of carbonyl (C=O) groups excluding carboxylic acids is 2. The van der Waals surface area contributed by atoms with Crippen LogP contribution in [-0.4, -0.2) is 39.9 Å². The first-order valence-electron chi connectivity index (χ1n) is 11.7. The smallest absolute Gasteiger partial charge is 0.295 e. The fraction of sp³-hybridized carbons (Fsp3) is 0.250. The second-order valence-electron chi connectivity index (χ2n) is 8.17. The van der Waals surface area contributed by atoms with Gasteiger partial charge in [0.05, 0.1) is 24.8 Å². The second kappa shape index (κ2) is 10.9. The van der Waals surface area contributed by atoms with Crippen molar-refractivity contribution >= 4 is 17.4 Å². The van der Waals surface area contributed by atoms with Crippen molar-refractivity contribution in [1.29, 1.82) is 0 Å². The summed E-state index contributed by atoms with van der Waals surface area (Å²) in [5.74, 6) is -0.380. The summed E-state index contributed by atoms with van der Waals surface area (Å²) < 4.78 is 11.2. The number of hydrogen-bond acceptors (Lipinski definition) is 6. The molecule has 7 heteroatoms. The molecule has 1 N–H and O–H groups in total. The van der Waals surface area contributed by atoms with Crippen molar-refractivity contribution in [1.82, 2.24) is 9.88 Å². The van der Waals surface area contributed by atoms with Gasteiger partial charge in [-0.3, -0.25) is 14.6 Å². The second-order valence-corrected chi connectivity index (χ2v) is 8.17. The third-order valence-electron chi connectivity index (χ3n) is 5.70. The van der Waals surface area contributed by atoms with Crippen LogP contribution in [0.1, 0.15) is 43.0 Å². The predicted octanol–water partition coefficient (Wildman–Crippen LogP) is 4.89. The van der Waals surface area contributed by atoms with Crippen LogP contribution in [0.3, 0.4) is 0 Å². The Morgan fingerprint density at radius 2 is 1.80 bits per heavy atom. The normalized spacial score (nSPS) is 17.0. The molecule has 0 spiro atoms. The number of pyridine rings is 1. The van der Waals surface area contributed by atoms with E-state index in [0.29, 0.717) is 35.8 Å². The van der Waals surface area contributed by atoms with Gasteiger partial charge in [0.25, 0.3) is 11.7 Å². The standard InChI is InChI=1S/C28H28N2O5/c1-3-15-35-23-9-5-8-21(16-23)26(31)24-25(20-10-12-22(13-11-20)34-4-2)30(28(33)27(24)32)18-19-7-6-14-29-17-19/h5-14,16-17,25,31H,3-4,15,18H2,1-2H3/b26-24+. The minimum Gasteiger partial charge on any atom is -0.507 e. The Bertz CT molecular complexity index is 1220. The Balaban J connectivity index is 1.80. The number of ether oxygens (including phenoxy) is 2. The van der Waals surface area contributed by atoms with Crippen molar-refractivity contribution in [3.63, 3.8) is 0 Å². The zero-order valence-corrected chi connectivity index (χ0v) is 19.8. The number of likely N-dealkylation sites (tertiary alicyclic amines) is 1. The fourth-order valence-electron chi connectivity index (χ4n) is 4.10. The highest BCUT2D eigenvalue weighted by atomic mass is 16.5. The SMILES string of the molecule is CCCOc1cccc(/C(O)=C2\C(=O)C(=O)N(Cc3cccnc3)C2c2ccc(OCC)cc2)c1. The number of aliphatic hydroxyl groups excluding tert-OH is 1. The first-order valence-corrected chi connectivity index (χ1v) is 11.7. The maximum atomic E-state index is 13.3. The van der Waals surface area contributed by atoms with Gasteiger partial charge in [0, 0.05) is 24.5 Å². The monoisotopic (exact) mass is 472 g/mol. The highest BCUT2D eigenvalue weighted by Crippen LogP contribution is 2.41. The first kappa shape index (κ1) is 24.0. The molecule has 7 nitrogen and oxygen atoms in total. The number of nitrogens with zero attached hydrogens (tertiary/aromatic N) is 2. The number of carbonyl (C=O) groups is 2. The third kappa shape index (κ3) is 5.19. The van der Waals surface area contributed by atoms with Gasteiger partial charge in [0.2, 0.25) is 0 Å². The van der Waals surface area contributed by atoms with Crippen LogP contribution in [0, 0.1) is 0 Å². The zero-order chi connectivity index (χ0) is 24.8. The summed E-state index contributed by atoms with van der Waals surface area (Å²) in [4.78, 5) is 32.0. The van der Waals surface area contributed by atoms with Crippen LogP contribution in [0.25, 0.3) is 5.76 Å². The molecule has 0 radical (unpaired) electrons. The molecule has 180 valence electrons. The molecule has 1 aromatic heterocycles. The van der Waals surface area contributed by atoms with E-state index in [0.717, 1.165) is 12.0 Å². The number of benzene rings is 2. The maximum absolute atomic E-state index is 13.3. The Hall–Kier alpha value is -4.13. The molecule has 0 bridgehead atoms. The van der Waals surface area contributed by atoms with Crippen molar-refractivity contribution in [3.8, 4) is 11.5 Å². The minimum absolute atomic E-state index is 0.0377. The largest absolute Gasteiger partial charge is 0.507 e. The zero-order valence-electron chi connectivity index (χ0n) is 19.8. The lowest BCUT2D eigenvalue weighted by molar-refractivity contribution is -0.140. The molecular weight excluding hydrogens is 444 g/mol.